The number of allylic oxidation sites excluding steroid dienone is 1. The predicted molar refractivity (Wildman–Crippen MR) is 50.6 cm³/mol. The summed E-state index contributed by atoms with van der Waals surface area (Å²) in [6, 6.07) is 8.81. The largest absolute Gasteiger partial charge is 0.289 e. The van der Waals surface area contributed by atoms with Crippen molar-refractivity contribution in [3.8, 4) is 0 Å². The van der Waals surface area contributed by atoms with Gasteiger partial charge in [-0.1, -0.05) is 53.5 Å². The number of carbonyl (C=O) groups excluding carboxylic acids is 1. The molecule has 0 atom stereocenters. The van der Waals surface area contributed by atoms with Gasteiger partial charge in [0.25, 0.3) is 0 Å². The third-order valence-electron chi connectivity index (χ3n) is 1.30. The van der Waals surface area contributed by atoms with Gasteiger partial charge in [-0.25, -0.2) is 0 Å². The molecule has 0 radical (unpaired) electrons. The van der Waals surface area contributed by atoms with Crippen LogP contribution in [0, 0.1) is 0 Å². The molecule has 0 aliphatic heterocycles. The van der Waals surface area contributed by atoms with Crippen LogP contribution in [0.3, 0.4) is 0 Å². The maximum absolute atomic E-state index is 11.2. The number of benzene rings is 1. The minimum Gasteiger partial charge on any atom is -0.289 e. The van der Waals surface area contributed by atoms with E-state index in [4.69, 9.17) is 23.2 Å². The maximum atomic E-state index is 11.2. The monoisotopic (exact) mass is 200 g/mol. The highest BCUT2D eigenvalue weighted by molar-refractivity contribution is 6.57. The second-order valence-corrected chi connectivity index (χ2v) is 3.17. The average Bonchev–Trinajstić information content (AvgIpc) is 2.05. The summed E-state index contributed by atoms with van der Waals surface area (Å²) in [6.07, 6.45) is 1.18. The van der Waals surface area contributed by atoms with Crippen molar-refractivity contribution in [3.63, 3.8) is 0 Å². The number of hydrogen-bond acceptors (Lipinski definition) is 1. The molecule has 1 aromatic carbocycles. The Hall–Kier alpha value is -0.790. The molecular weight excluding hydrogens is 195 g/mol. The second kappa shape index (κ2) is 4.29. The summed E-state index contributed by atoms with van der Waals surface area (Å²) in [5.74, 6) is -0.185. The smallest absolute Gasteiger partial charge is 0.188 e. The van der Waals surface area contributed by atoms with E-state index >= 15 is 0 Å². The average molecular weight is 201 g/mol. The van der Waals surface area contributed by atoms with Gasteiger partial charge in [-0.05, 0) is 0 Å². The van der Waals surface area contributed by atoms with Crippen LogP contribution in [0.5, 0.6) is 0 Å². The summed E-state index contributed by atoms with van der Waals surface area (Å²) in [7, 11) is 0. The third-order valence-corrected chi connectivity index (χ3v) is 1.52. The van der Waals surface area contributed by atoms with Gasteiger partial charge < -0.3 is 0 Å². The van der Waals surface area contributed by atoms with Crippen LogP contribution in [0.2, 0.25) is 0 Å². The molecule has 0 fully saturated rings. The van der Waals surface area contributed by atoms with Crippen LogP contribution in [0.1, 0.15) is 10.4 Å². The van der Waals surface area contributed by atoms with E-state index in [1.807, 2.05) is 6.07 Å². The lowest BCUT2D eigenvalue weighted by atomic mass is 10.1. The summed E-state index contributed by atoms with van der Waals surface area (Å²) in [4.78, 5) is 11.2. The predicted octanol–water partition coefficient (Wildman–Crippen LogP) is 3.19. The maximum Gasteiger partial charge on any atom is 0.188 e. The fourth-order valence-electron chi connectivity index (χ4n) is 0.785. The van der Waals surface area contributed by atoms with Crippen molar-refractivity contribution in [2.24, 2.45) is 0 Å². The zero-order chi connectivity index (χ0) is 8.97. The van der Waals surface area contributed by atoms with Crippen LogP contribution in [-0.4, -0.2) is 5.78 Å². The van der Waals surface area contributed by atoms with E-state index in [-0.39, 0.29) is 10.3 Å². The molecule has 0 amide bonds. The number of ketones is 1. The summed E-state index contributed by atoms with van der Waals surface area (Å²) >= 11 is 10.7. The molecule has 3 heteroatoms. The molecule has 0 N–H and O–H groups in total. The van der Waals surface area contributed by atoms with Gasteiger partial charge in [0.1, 0.15) is 4.49 Å². The summed E-state index contributed by atoms with van der Waals surface area (Å²) in [5.41, 5.74) is 0.580. The highest BCUT2D eigenvalue weighted by Crippen LogP contribution is 2.09. The van der Waals surface area contributed by atoms with E-state index in [2.05, 4.69) is 0 Å². The van der Waals surface area contributed by atoms with Crippen molar-refractivity contribution < 1.29 is 4.79 Å². The van der Waals surface area contributed by atoms with E-state index in [9.17, 15) is 4.79 Å². The Kier molecular flexibility index (Phi) is 3.32. The fraction of sp³-hybridized carbons (Fsp3) is 0. The van der Waals surface area contributed by atoms with Gasteiger partial charge >= 0.3 is 0 Å². The molecule has 0 spiro atoms. The zero-order valence-corrected chi connectivity index (χ0v) is 7.64. The van der Waals surface area contributed by atoms with Crippen molar-refractivity contribution >= 4 is 29.0 Å². The Bertz CT molecular complexity index is 300. The standard InChI is InChI=1S/C9H6Cl2O/c10-9(11)6-8(12)7-4-2-1-3-5-7/h1-6H. The van der Waals surface area contributed by atoms with Gasteiger partial charge in [0.05, 0.1) is 0 Å². The van der Waals surface area contributed by atoms with Gasteiger partial charge in [-0.3, -0.25) is 4.79 Å². The molecule has 0 bridgehead atoms. The Balaban J connectivity index is 2.87. The number of halogens is 2. The van der Waals surface area contributed by atoms with E-state index in [1.54, 1.807) is 24.3 Å². The Morgan fingerprint density at radius 2 is 1.75 bits per heavy atom. The third kappa shape index (κ3) is 2.68. The molecule has 0 aliphatic rings. The lowest BCUT2D eigenvalue weighted by Gasteiger charge is -1.92. The lowest BCUT2D eigenvalue weighted by molar-refractivity contribution is 0.104. The topological polar surface area (TPSA) is 17.1 Å². The fourth-order valence-corrected chi connectivity index (χ4v) is 0.983. The summed E-state index contributed by atoms with van der Waals surface area (Å²) in [5, 5.41) is 0. The summed E-state index contributed by atoms with van der Waals surface area (Å²) in [6.45, 7) is 0. The first-order chi connectivity index (χ1) is 5.70. The first-order valence-electron chi connectivity index (χ1n) is 3.32. The molecule has 0 aliphatic carbocycles. The van der Waals surface area contributed by atoms with Crippen molar-refractivity contribution in [1.82, 2.24) is 0 Å². The van der Waals surface area contributed by atoms with Crippen molar-refractivity contribution in [2.75, 3.05) is 0 Å². The Morgan fingerprint density at radius 3 is 2.25 bits per heavy atom. The van der Waals surface area contributed by atoms with Gasteiger partial charge in [0, 0.05) is 11.6 Å². The zero-order valence-electron chi connectivity index (χ0n) is 6.13. The van der Waals surface area contributed by atoms with Gasteiger partial charge in [-0.2, -0.15) is 0 Å². The highest BCUT2D eigenvalue weighted by Gasteiger charge is 2.00. The van der Waals surface area contributed by atoms with E-state index < -0.39 is 0 Å². The van der Waals surface area contributed by atoms with Gasteiger partial charge in [0.15, 0.2) is 5.78 Å². The normalized spacial score (nSPS) is 9.17. The molecule has 1 nitrogen and oxygen atoms in total. The molecule has 12 heavy (non-hydrogen) atoms. The quantitative estimate of drug-likeness (QED) is 0.530. The highest BCUT2D eigenvalue weighted by atomic mass is 35.5. The number of hydrogen-bond donors (Lipinski definition) is 0. The van der Waals surface area contributed by atoms with Crippen molar-refractivity contribution in [3.05, 3.63) is 46.5 Å². The first kappa shape index (κ1) is 9.30. The summed E-state index contributed by atoms with van der Waals surface area (Å²) < 4.78 is -0.0242. The molecule has 1 aromatic rings. The Labute approximate surface area is 80.6 Å². The Morgan fingerprint density at radius 1 is 1.17 bits per heavy atom. The van der Waals surface area contributed by atoms with E-state index in [0.717, 1.165) is 0 Å². The van der Waals surface area contributed by atoms with E-state index in [1.165, 1.54) is 6.08 Å². The molecule has 0 saturated carbocycles. The molecule has 0 aromatic heterocycles. The van der Waals surface area contributed by atoms with E-state index in [0.29, 0.717) is 5.56 Å². The van der Waals surface area contributed by atoms with Crippen LogP contribution in [0.25, 0.3) is 0 Å². The van der Waals surface area contributed by atoms with Crippen LogP contribution in [-0.2, 0) is 0 Å². The van der Waals surface area contributed by atoms with Crippen molar-refractivity contribution in [1.29, 1.82) is 0 Å². The molecule has 62 valence electrons. The first-order valence-corrected chi connectivity index (χ1v) is 4.08. The second-order valence-electron chi connectivity index (χ2n) is 2.16. The molecule has 1 rings (SSSR count). The molecular formula is C9H6Cl2O. The van der Waals surface area contributed by atoms with Crippen LogP contribution < -0.4 is 0 Å². The van der Waals surface area contributed by atoms with Crippen LogP contribution >= 0.6 is 23.2 Å². The lowest BCUT2D eigenvalue weighted by Crippen LogP contribution is -1.92. The van der Waals surface area contributed by atoms with Crippen molar-refractivity contribution in [2.45, 2.75) is 0 Å². The number of rotatable bonds is 2. The minimum absolute atomic E-state index is 0.0242. The molecule has 0 heterocycles. The SMILES string of the molecule is O=C(C=C(Cl)Cl)c1ccccc1. The molecule has 0 unspecified atom stereocenters. The van der Waals surface area contributed by atoms with Crippen LogP contribution in [0.4, 0.5) is 0 Å². The minimum atomic E-state index is -0.185. The molecule has 0 saturated heterocycles. The van der Waals surface area contributed by atoms with Gasteiger partial charge in [-0.15, -0.1) is 0 Å². The van der Waals surface area contributed by atoms with Crippen LogP contribution in [0.15, 0.2) is 40.9 Å². The number of carbonyl (C=O) groups is 1. The van der Waals surface area contributed by atoms with Gasteiger partial charge in [0.2, 0.25) is 0 Å².